The molecule has 0 aliphatic heterocycles. The zero-order valence-electron chi connectivity index (χ0n) is 11.1. The number of hydrogen-bond donors (Lipinski definition) is 1. The summed E-state index contributed by atoms with van der Waals surface area (Å²) >= 11 is 0. The maximum atomic E-state index is 9.29. The van der Waals surface area contributed by atoms with Crippen LogP contribution < -0.4 is 4.57 Å². The van der Waals surface area contributed by atoms with Gasteiger partial charge in [-0.2, -0.15) is 0 Å². The first kappa shape index (κ1) is 12.3. The number of aryl methyl sites for hydroxylation is 1. The quantitative estimate of drug-likeness (QED) is 0.723. The summed E-state index contributed by atoms with van der Waals surface area (Å²) in [5.74, 6) is 0.955. The highest BCUT2D eigenvalue weighted by molar-refractivity contribution is 5.64. The van der Waals surface area contributed by atoms with Gasteiger partial charge < -0.3 is 5.11 Å². The number of aromatic nitrogens is 3. The molecule has 98 valence electrons. The third-order valence-electron chi connectivity index (χ3n) is 3.09. The molecule has 4 heteroatoms. The normalized spacial score (nSPS) is 10.4. The molecule has 0 saturated carbocycles. The van der Waals surface area contributed by atoms with Gasteiger partial charge in [0.25, 0.3) is 0 Å². The molecule has 20 heavy (non-hydrogen) atoms. The molecule has 0 amide bonds. The third-order valence-corrected chi connectivity index (χ3v) is 3.09. The minimum absolute atomic E-state index is 0.253. The molecular weight excluding hydrogens is 250 g/mol. The lowest BCUT2D eigenvalue weighted by molar-refractivity contribution is -0.671. The standard InChI is InChI=1S/C16H13N3O/c1-19-8-6-13(7-9-19)16-17-10-14(11-18-16)12-2-4-15(20)5-3-12/h2-11H,1H3/p+1. The first-order valence-corrected chi connectivity index (χ1v) is 6.29. The molecule has 3 rings (SSSR count). The predicted molar refractivity (Wildman–Crippen MR) is 75.7 cm³/mol. The van der Waals surface area contributed by atoms with Crippen LogP contribution in [0.25, 0.3) is 22.5 Å². The lowest BCUT2D eigenvalue weighted by Crippen LogP contribution is -2.25. The molecule has 0 atom stereocenters. The van der Waals surface area contributed by atoms with Crippen molar-refractivity contribution in [1.29, 1.82) is 0 Å². The zero-order chi connectivity index (χ0) is 13.9. The monoisotopic (exact) mass is 264 g/mol. The second-order valence-corrected chi connectivity index (χ2v) is 4.59. The molecule has 0 aliphatic rings. The molecule has 0 unspecified atom stereocenters. The van der Waals surface area contributed by atoms with Crippen LogP contribution in [-0.4, -0.2) is 15.1 Å². The van der Waals surface area contributed by atoms with E-state index in [-0.39, 0.29) is 5.75 Å². The minimum Gasteiger partial charge on any atom is -0.508 e. The van der Waals surface area contributed by atoms with E-state index in [1.54, 1.807) is 24.5 Å². The van der Waals surface area contributed by atoms with Gasteiger partial charge in [-0.3, -0.25) is 0 Å². The number of hydrogen-bond acceptors (Lipinski definition) is 3. The van der Waals surface area contributed by atoms with E-state index in [0.29, 0.717) is 5.82 Å². The fraction of sp³-hybridized carbons (Fsp3) is 0.0625. The summed E-state index contributed by atoms with van der Waals surface area (Å²) < 4.78 is 1.97. The molecule has 0 fully saturated rings. The molecule has 0 bridgehead atoms. The average Bonchev–Trinajstić information content (AvgIpc) is 2.49. The highest BCUT2D eigenvalue weighted by atomic mass is 16.3. The number of rotatable bonds is 2. The van der Waals surface area contributed by atoms with Crippen molar-refractivity contribution in [2.45, 2.75) is 0 Å². The van der Waals surface area contributed by atoms with Gasteiger partial charge in [0.05, 0.1) is 0 Å². The Morgan fingerprint density at radius 1 is 0.800 bits per heavy atom. The van der Waals surface area contributed by atoms with Gasteiger partial charge in [-0.05, 0) is 17.7 Å². The van der Waals surface area contributed by atoms with Crippen LogP contribution in [0, 0.1) is 0 Å². The van der Waals surface area contributed by atoms with Crippen molar-refractivity contribution in [2.75, 3.05) is 0 Å². The van der Waals surface area contributed by atoms with Crippen LogP contribution in [0.15, 0.2) is 61.2 Å². The van der Waals surface area contributed by atoms with Crippen molar-refractivity contribution in [3.8, 4) is 28.3 Å². The maximum Gasteiger partial charge on any atom is 0.169 e. The summed E-state index contributed by atoms with van der Waals surface area (Å²) in [6.45, 7) is 0. The van der Waals surface area contributed by atoms with Crippen LogP contribution in [0.1, 0.15) is 0 Å². The van der Waals surface area contributed by atoms with E-state index < -0.39 is 0 Å². The molecule has 4 nitrogen and oxygen atoms in total. The van der Waals surface area contributed by atoms with Crippen molar-refractivity contribution >= 4 is 0 Å². The van der Waals surface area contributed by atoms with Crippen molar-refractivity contribution in [3.63, 3.8) is 0 Å². The van der Waals surface area contributed by atoms with Crippen LogP contribution in [0.4, 0.5) is 0 Å². The predicted octanol–water partition coefficient (Wildman–Crippen LogP) is 2.34. The van der Waals surface area contributed by atoms with Gasteiger partial charge in [0.1, 0.15) is 12.8 Å². The smallest absolute Gasteiger partial charge is 0.169 e. The Hall–Kier alpha value is -2.75. The third kappa shape index (κ3) is 2.49. The fourth-order valence-corrected chi connectivity index (χ4v) is 1.93. The molecule has 0 spiro atoms. The number of aromatic hydroxyl groups is 1. The van der Waals surface area contributed by atoms with Gasteiger partial charge >= 0.3 is 0 Å². The number of benzene rings is 1. The summed E-state index contributed by atoms with van der Waals surface area (Å²) in [6, 6.07) is 11.0. The van der Waals surface area contributed by atoms with Crippen molar-refractivity contribution in [2.24, 2.45) is 7.05 Å². The van der Waals surface area contributed by atoms with Crippen LogP contribution in [0.2, 0.25) is 0 Å². The van der Waals surface area contributed by atoms with E-state index in [9.17, 15) is 5.11 Å². The second-order valence-electron chi connectivity index (χ2n) is 4.59. The molecule has 0 aliphatic carbocycles. The van der Waals surface area contributed by atoms with Gasteiger partial charge in [0.15, 0.2) is 18.2 Å². The lowest BCUT2D eigenvalue weighted by Gasteiger charge is -2.03. The van der Waals surface area contributed by atoms with Crippen LogP contribution in [0.5, 0.6) is 5.75 Å². The first-order chi connectivity index (χ1) is 9.72. The number of phenols is 1. The van der Waals surface area contributed by atoms with E-state index >= 15 is 0 Å². The van der Waals surface area contributed by atoms with Gasteiger partial charge in [0.2, 0.25) is 0 Å². The largest absolute Gasteiger partial charge is 0.508 e. The summed E-state index contributed by atoms with van der Waals surface area (Å²) in [6.07, 6.45) is 7.52. The van der Waals surface area contributed by atoms with Gasteiger partial charge in [0, 0.05) is 35.7 Å². The van der Waals surface area contributed by atoms with Gasteiger partial charge in [-0.1, -0.05) is 12.1 Å². The Morgan fingerprint density at radius 3 is 2.00 bits per heavy atom. The second kappa shape index (κ2) is 5.09. The van der Waals surface area contributed by atoms with E-state index in [1.165, 1.54) is 0 Å². The Morgan fingerprint density at radius 2 is 1.40 bits per heavy atom. The van der Waals surface area contributed by atoms with E-state index in [4.69, 9.17) is 0 Å². The van der Waals surface area contributed by atoms with Gasteiger partial charge in [-0.25, -0.2) is 14.5 Å². The summed E-state index contributed by atoms with van der Waals surface area (Å²) in [4.78, 5) is 8.79. The van der Waals surface area contributed by atoms with Crippen LogP contribution in [-0.2, 0) is 7.05 Å². The SMILES string of the molecule is C[n+]1ccc(-c2ncc(-c3ccc(O)cc3)cn2)cc1. The fourth-order valence-electron chi connectivity index (χ4n) is 1.93. The number of phenolic OH excluding ortho intramolecular Hbond substituents is 1. The molecule has 1 N–H and O–H groups in total. The van der Waals surface area contributed by atoms with E-state index in [1.807, 2.05) is 48.3 Å². The Balaban J connectivity index is 1.91. The summed E-state index contributed by atoms with van der Waals surface area (Å²) in [5, 5.41) is 9.29. The Labute approximate surface area is 117 Å². The molecular formula is C16H14N3O+. The maximum absolute atomic E-state index is 9.29. The molecule has 2 heterocycles. The molecule has 0 radical (unpaired) electrons. The van der Waals surface area contributed by atoms with E-state index in [0.717, 1.165) is 16.7 Å². The minimum atomic E-state index is 0.253. The van der Waals surface area contributed by atoms with Gasteiger partial charge in [-0.15, -0.1) is 0 Å². The topological polar surface area (TPSA) is 49.9 Å². The number of nitrogens with zero attached hydrogens (tertiary/aromatic N) is 3. The summed E-state index contributed by atoms with van der Waals surface area (Å²) in [5.41, 5.74) is 2.89. The summed E-state index contributed by atoms with van der Waals surface area (Å²) in [7, 11) is 1.97. The molecule has 3 aromatic rings. The van der Waals surface area contributed by atoms with Crippen molar-refractivity contribution < 1.29 is 9.67 Å². The lowest BCUT2D eigenvalue weighted by atomic mass is 10.1. The number of pyridine rings is 1. The average molecular weight is 264 g/mol. The Bertz CT molecular complexity index is 640. The Kier molecular flexibility index (Phi) is 3.13. The van der Waals surface area contributed by atoms with Crippen LogP contribution in [0.3, 0.4) is 0 Å². The highest BCUT2D eigenvalue weighted by Gasteiger charge is 2.04. The molecule has 1 aromatic carbocycles. The van der Waals surface area contributed by atoms with Crippen LogP contribution >= 0.6 is 0 Å². The van der Waals surface area contributed by atoms with Crippen molar-refractivity contribution in [1.82, 2.24) is 9.97 Å². The van der Waals surface area contributed by atoms with E-state index in [2.05, 4.69) is 9.97 Å². The molecule has 2 aromatic heterocycles. The molecule has 0 saturated heterocycles. The highest BCUT2D eigenvalue weighted by Crippen LogP contribution is 2.21. The first-order valence-electron chi connectivity index (χ1n) is 6.29. The van der Waals surface area contributed by atoms with Crippen molar-refractivity contribution in [3.05, 3.63) is 61.2 Å². The zero-order valence-corrected chi connectivity index (χ0v) is 11.1.